The lowest BCUT2D eigenvalue weighted by molar-refractivity contribution is -0.108. The van der Waals surface area contributed by atoms with E-state index in [0.717, 1.165) is 35.8 Å². The van der Waals surface area contributed by atoms with Crippen molar-refractivity contribution in [3.63, 3.8) is 0 Å². The van der Waals surface area contributed by atoms with Crippen molar-refractivity contribution in [1.29, 1.82) is 0 Å². The molecule has 2 heteroatoms. The number of methoxy groups -OCH3 is 1. The van der Waals surface area contributed by atoms with Crippen LogP contribution in [0.25, 0.3) is 5.57 Å². The highest BCUT2D eigenvalue weighted by molar-refractivity contribution is 5.67. The molecule has 3 saturated carbocycles. The molecule has 152 valence electrons. The van der Waals surface area contributed by atoms with Gasteiger partial charge in [0.05, 0.1) is 13.2 Å². The Morgan fingerprint density at radius 2 is 1.68 bits per heavy atom. The highest BCUT2D eigenvalue weighted by atomic mass is 16.5. The summed E-state index contributed by atoms with van der Waals surface area (Å²) in [6, 6.07) is 8.64. The van der Waals surface area contributed by atoms with E-state index in [2.05, 4.69) is 44.2 Å². The molecule has 7 atom stereocenters. The molecule has 4 aliphatic rings. The lowest BCUT2D eigenvalue weighted by Crippen LogP contribution is -2.53. The summed E-state index contributed by atoms with van der Waals surface area (Å²) < 4.78 is 5.33. The van der Waals surface area contributed by atoms with Gasteiger partial charge in [-0.1, -0.05) is 32.1 Å². The lowest BCUT2D eigenvalue weighted by Gasteiger charge is -2.59. The van der Waals surface area contributed by atoms with Crippen LogP contribution < -0.4 is 4.74 Å². The molecule has 2 nitrogen and oxygen atoms in total. The molecule has 3 fully saturated rings. The van der Waals surface area contributed by atoms with Crippen LogP contribution in [0.15, 0.2) is 30.3 Å². The zero-order valence-corrected chi connectivity index (χ0v) is 17.8. The van der Waals surface area contributed by atoms with Gasteiger partial charge in [0.1, 0.15) is 5.75 Å². The first-order valence-corrected chi connectivity index (χ1v) is 11.5. The van der Waals surface area contributed by atoms with Crippen molar-refractivity contribution in [2.45, 2.75) is 71.3 Å². The van der Waals surface area contributed by atoms with E-state index in [1.807, 2.05) is 0 Å². The van der Waals surface area contributed by atoms with Crippen LogP contribution in [0.1, 0.15) is 70.8 Å². The van der Waals surface area contributed by atoms with Crippen LogP contribution in [0, 0.1) is 34.5 Å². The van der Waals surface area contributed by atoms with E-state index in [0.29, 0.717) is 5.41 Å². The molecule has 0 unspecified atom stereocenters. The molecule has 4 aliphatic carbocycles. The van der Waals surface area contributed by atoms with Crippen molar-refractivity contribution < 1.29 is 9.84 Å². The van der Waals surface area contributed by atoms with Crippen LogP contribution in [0.2, 0.25) is 0 Å². The van der Waals surface area contributed by atoms with Gasteiger partial charge in [-0.25, -0.2) is 0 Å². The molecule has 0 bridgehead atoms. The second kappa shape index (κ2) is 6.62. The van der Waals surface area contributed by atoms with Gasteiger partial charge in [-0.05, 0) is 109 Å². The van der Waals surface area contributed by atoms with Gasteiger partial charge in [-0.3, -0.25) is 0 Å². The number of aliphatic hydroxyl groups excluding tert-OH is 1. The van der Waals surface area contributed by atoms with E-state index >= 15 is 0 Å². The van der Waals surface area contributed by atoms with Crippen LogP contribution in [-0.2, 0) is 0 Å². The van der Waals surface area contributed by atoms with Crippen LogP contribution in [0.4, 0.5) is 0 Å². The van der Waals surface area contributed by atoms with E-state index in [9.17, 15) is 5.11 Å². The van der Waals surface area contributed by atoms with Crippen molar-refractivity contribution in [3.8, 4) is 5.75 Å². The van der Waals surface area contributed by atoms with Crippen LogP contribution in [0.3, 0.4) is 0 Å². The molecule has 0 aliphatic heterocycles. The number of ether oxygens (including phenoxy) is 1. The second-order valence-corrected chi connectivity index (χ2v) is 10.7. The minimum atomic E-state index is -0.0584. The zero-order chi connectivity index (χ0) is 19.5. The Balaban J connectivity index is 1.40. The van der Waals surface area contributed by atoms with Gasteiger partial charge in [0.25, 0.3) is 0 Å². The fourth-order valence-electron chi connectivity index (χ4n) is 7.89. The van der Waals surface area contributed by atoms with E-state index in [-0.39, 0.29) is 11.5 Å². The Hall–Kier alpha value is -1.28. The molecule has 0 amide bonds. The molecule has 0 saturated heterocycles. The third kappa shape index (κ3) is 2.63. The molecular weight excluding hydrogens is 344 g/mol. The summed E-state index contributed by atoms with van der Waals surface area (Å²) in [7, 11) is 1.73. The first kappa shape index (κ1) is 18.7. The summed E-state index contributed by atoms with van der Waals surface area (Å²) in [5.41, 5.74) is 3.57. The Bertz CT molecular complexity index is 765. The second-order valence-electron chi connectivity index (χ2n) is 10.7. The molecule has 0 radical (unpaired) electrons. The van der Waals surface area contributed by atoms with Gasteiger partial charge in [-0.15, -0.1) is 0 Å². The fourth-order valence-corrected chi connectivity index (χ4v) is 7.89. The smallest absolute Gasteiger partial charge is 0.118 e. The topological polar surface area (TPSA) is 29.5 Å². The van der Waals surface area contributed by atoms with Crippen molar-refractivity contribution in [2.24, 2.45) is 34.5 Å². The molecule has 1 N–H and O–H groups in total. The van der Waals surface area contributed by atoms with Crippen LogP contribution in [0.5, 0.6) is 5.75 Å². The van der Waals surface area contributed by atoms with E-state index < -0.39 is 0 Å². The molecule has 0 spiro atoms. The maximum Gasteiger partial charge on any atom is 0.118 e. The zero-order valence-electron chi connectivity index (χ0n) is 17.8. The van der Waals surface area contributed by atoms with Gasteiger partial charge in [0.15, 0.2) is 0 Å². The minimum absolute atomic E-state index is 0.0584. The Morgan fingerprint density at radius 1 is 0.929 bits per heavy atom. The predicted octanol–water partition coefficient (Wildman–Crippen LogP) is 6.09. The van der Waals surface area contributed by atoms with E-state index in [1.54, 1.807) is 12.7 Å². The number of fused-ring (bicyclic) bond motifs is 5. The standard InChI is InChI=1S/C26H36O2/c1-25-14-12-18(17-4-7-20(28-3)8-5-17)16-19(25)6-9-21-22-10-11-24(27)26(22,2)15-13-23(21)25/h4-5,7-8,12,19,21-24,27H,6,9-11,13-16H2,1-3H3/t19-,21-,22-,23-,24-,25-,26-/m0/s1. The first-order chi connectivity index (χ1) is 13.5. The highest BCUT2D eigenvalue weighted by Gasteiger charge is 2.59. The highest BCUT2D eigenvalue weighted by Crippen LogP contribution is 2.66. The molecule has 0 aromatic heterocycles. The lowest BCUT2D eigenvalue weighted by atomic mass is 9.45. The third-order valence-corrected chi connectivity index (χ3v) is 9.73. The van der Waals surface area contributed by atoms with Gasteiger partial charge in [-0.2, -0.15) is 0 Å². The number of benzene rings is 1. The number of allylic oxidation sites excluding steroid dienone is 2. The molecule has 28 heavy (non-hydrogen) atoms. The van der Waals surface area contributed by atoms with Gasteiger partial charge in [0, 0.05) is 0 Å². The number of aliphatic hydroxyl groups is 1. The average Bonchev–Trinajstić information content (AvgIpc) is 3.02. The Kier molecular flexibility index (Phi) is 4.43. The summed E-state index contributed by atoms with van der Waals surface area (Å²) in [6.07, 6.45) is 12.6. The quantitative estimate of drug-likeness (QED) is 0.672. The van der Waals surface area contributed by atoms with E-state index in [1.165, 1.54) is 50.5 Å². The van der Waals surface area contributed by atoms with Crippen molar-refractivity contribution in [2.75, 3.05) is 7.11 Å². The Labute approximate surface area is 170 Å². The number of hydrogen-bond acceptors (Lipinski definition) is 2. The minimum Gasteiger partial charge on any atom is -0.497 e. The molecular formula is C26H36O2. The van der Waals surface area contributed by atoms with Gasteiger partial charge < -0.3 is 9.84 Å². The Morgan fingerprint density at radius 3 is 2.43 bits per heavy atom. The van der Waals surface area contributed by atoms with Crippen molar-refractivity contribution >= 4 is 5.57 Å². The van der Waals surface area contributed by atoms with Gasteiger partial charge >= 0.3 is 0 Å². The fraction of sp³-hybridized carbons (Fsp3) is 0.692. The first-order valence-electron chi connectivity index (χ1n) is 11.5. The third-order valence-electron chi connectivity index (χ3n) is 9.73. The monoisotopic (exact) mass is 380 g/mol. The summed E-state index contributed by atoms with van der Waals surface area (Å²) >= 11 is 0. The van der Waals surface area contributed by atoms with Crippen LogP contribution in [-0.4, -0.2) is 18.3 Å². The predicted molar refractivity (Wildman–Crippen MR) is 114 cm³/mol. The normalized spacial score (nSPS) is 44.9. The molecule has 0 heterocycles. The largest absolute Gasteiger partial charge is 0.497 e. The summed E-state index contributed by atoms with van der Waals surface area (Å²) in [5.74, 6) is 4.20. The summed E-state index contributed by atoms with van der Waals surface area (Å²) in [5, 5.41) is 10.7. The van der Waals surface area contributed by atoms with Crippen molar-refractivity contribution in [1.82, 2.24) is 0 Å². The number of rotatable bonds is 2. The van der Waals surface area contributed by atoms with Crippen LogP contribution >= 0.6 is 0 Å². The maximum absolute atomic E-state index is 10.7. The number of hydrogen-bond donors (Lipinski definition) is 1. The molecule has 5 rings (SSSR count). The SMILES string of the molecule is COc1ccc(C2=CC[C@@]3(C)[C@@H](CC[C@@H]4[C@@H]3CC[C@]3(C)[C@@H](O)CC[C@@H]43)C2)cc1. The summed E-state index contributed by atoms with van der Waals surface area (Å²) in [4.78, 5) is 0. The molecule has 1 aromatic carbocycles. The maximum atomic E-state index is 10.7. The van der Waals surface area contributed by atoms with Gasteiger partial charge in [0.2, 0.25) is 0 Å². The summed E-state index contributed by atoms with van der Waals surface area (Å²) in [6.45, 7) is 4.99. The molecule has 1 aromatic rings. The van der Waals surface area contributed by atoms with Crippen molar-refractivity contribution in [3.05, 3.63) is 35.9 Å². The average molecular weight is 381 g/mol. The van der Waals surface area contributed by atoms with E-state index in [4.69, 9.17) is 4.74 Å².